The van der Waals surface area contributed by atoms with E-state index >= 15 is 0 Å². The van der Waals surface area contributed by atoms with Crippen LogP contribution in [0.1, 0.15) is 50.9 Å². The highest BCUT2D eigenvalue weighted by molar-refractivity contribution is 8.00. The van der Waals surface area contributed by atoms with Crippen LogP contribution in [0.25, 0.3) is 0 Å². The van der Waals surface area contributed by atoms with E-state index in [9.17, 15) is 18.8 Å². The number of carbonyl (C=O) groups is 3. The van der Waals surface area contributed by atoms with Gasteiger partial charge in [-0.3, -0.25) is 9.59 Å². The average molecular weight is 513 g/mol. The van der Waals surface area contributed by atoms with Crippen LogP contribution in [0.15, 0.2) is 53.4 Å². The first kappa shape index (κ1) is 24.9. The summed E-state index contributed by atoms with van der Waals surface area (Å²) in [6, 6.07) is 12.8. The van der Waals surface area contributed by atoms with Crippen molar-refractivity contribution in [3.05, 3.63) is 75.9 Å². The summed E-state index contributed by atoms with van der Waals surface area (Å²) in [4.78, 5) is 39.7. The summed E-state index contributed by atoms with van der Waals surface area (Å²) in [5.41, 5.74) is 1.91. The van der Waals surface area contributed by atoms with E-state index in [1.54, 1.807) is 31.2 Å². The van der Waals surface area contributed by atoms with Gasteiger partial charge >= 0.3 is 5.97 Å². The lowest BCUT2D eigenvalue weighted by molar-refractivity contribution is -0.115. The number of benzene rings is 2. The Hall–Kier alpha value is -3.17. The van der Waals surface area contributed by atoms with Gasteiger partial charge in [0.05, 0.1) is 23.5 Å². The van der Waals surface area contributed by atoms with E-state index in [2.05, 4.69) is 10.6 Å². The van der Waals surface area contributed by atoms with E-state index < -0.39 is 22.9 Å². The monoisotopic (exact) mass is 512 g/mol. The molecule has 0 fully saturated rings. The van der Waals surface area contributed by atoms with Crippen LogP contribution in [0, 0.1) is 5.82 Å². The standard InChI is InChI=1S/C26H25FN2O4S2/c1-15(23(30)29-25-22(26(32)33-2)19-11-4-6-13-21(19)35-25)34-17-9-7-8-16(14-17)28-24(31)18-10-3-5-12-20(18)27/h3,5,7-10,12,14-15H,4,6,11,13H2,1-2H3,(H,28,31)(H,29,30). The van der Waals surface area contributed by atoms with E-state index in [0.717, 1.165) is 41.0 Å². The number of amides is 2. The maximum atomic E-state index is 13.9. The lowest BCUT2D eigenvalue weighted by atomic mass is 9.95. The summed E-state index contributed by atoms with van der Waals surface area (Å²) < 4.78 is 18.9. The lowest BCUT2D eigenvalue weighted by Crippen LogP contribution is -2.23. The Labute approximate surface area is 211 Å². The van der Waals surface area contributed by atoms with Crippen LogP contribution in [-0.4, -0.2) is 30.1 Å². The molecule has 1 atom stereocenters. The van der Waals surface area contributed by atoms with E-state index in [0.29, 0.717) is 16.3 Å². The van der Waals surface area contributed by atoms with Gasteiger partial charge in [0.2, 0.25) is 5.91 Å². The van der Waals surface area contributed by atoms with E-state index in [-0.39, 0.29) is 11.5 Å². The molecule has 1 aliphatic rings. The molecule has 2 N–H and O–H groups in total. The molecule has 1 heterocycles. The summed E-state index contributed by atoms with van der Waals surface area (Å²) in [6.07, 6.45) is 3.78. The van der Waals surface area contributed by atoms with Crippen molar-refractivity contribution in [1.82, 2.24) is 0 Å². The number of halogens is 1. The molecule has 9 heteroatoms. The number of methoxy groups -OCH3 is 1. The molecule has 0 saturated carbocycles. The van der Waals surface area contributed by atoms with Gasteiger partial charge in [-0.15, -0.1) is 23.1 Å². The van der Waals surface area contributed by atoms with Gasteiger partial charge in [0.1, 0.15) is 10.8 Å². The fraction of sp³-hybridized carbons (Fsp3) is 0.269. The summed E-state index contributed by atoms with van der Waals surface area (Å²) in [6.45, 7) is 1.77. The van der Waals surface area contributed by atoms with Gasteiger partial charge in [-0.25, -0.2) is 9.18 Å². The molecule has 2 amide bonds. The minimum atomic E-state index is -0.595. The van der Waals surface area contributed by atoms with Crippen molar-refractivity contribution in [2.45, 2.75) is 42.8 Å². The second-order valence-corrected chi connectivity index (χ2v) is 10.6. The number of hydrogen-bond donors (Lipinski definition) is 2. The molecule has 0 spiro atoms. The highest BCUT2D eigenvalue weighted by atomic mass is 32.2. The maximum Gasteiger partial charge on any atom is 0.341 e. The third-order valence-corrected chi connectivity index (χ3v) is 7.99. The van der Waals surface area contributed by atoms with Crippen molar-refractivity contribution < 1.29 is 23.5 Å². The number of rotatable bonds is 7. The van der Waals surface area contributed by atoms with Crippen molar-refractivity contribution >= 4 is 51.6 Å². The van der Waals surface area contributed by atoms with Crippen molar-refractivity contribution in [3.63, 3.8) is 0 Å². The molecule has 2 aromatic carbocycles. The Morgan fingerprint density at radius 3 is 2.60 bits per heavy atom. The summed E-state index contributed by atoms with van der Waals surface area (Å²) in [7, 11) is 1.34. The number of esters is 1. The number of thioether (sulfide) groups is 1. The number of nitrogens with one attached hydrogen (secondary N) is 2. The predicted octanol–water partition coefficient (Wildman–Crippen LogP) is 5.92. The molecule has 6 nitrogen and oxygen atoms in total. The zero-order valence-electron chi connectivity index (χ0n) is 19.4. The Morgan fingerprint density at radius 1 is 1.06 bits per heavy atom. The quantitative estimate of drug-likeness (QED) is 0.303. The Kier molecular flexibility index (Phi) is 7.87. The molecule has 1 aromatic heterocycles. The van der Waals surface area contributed by atoms with E-state index in [4.69, 9.17) is 4.74 Å². The molecule has 1 unspecified atom stereocenters. The molecule has 0 aliphatic heterocycles. The third kappa shape index (κ3) is 5.74. The number of aryl methyl sites for hydroxylation is 1. The van der Waals surface area contributed by atoms with Crippen LogP contribution in [0.5, 0.6) is 0 Å². The zero-order chi connectivity index (χ0) is 24.9. The van der Waals surface area contributed by atoms with E-state index in [1.165, 1.54) is 48.4 Å². The summed E-state index contributed by atoms with van der Waals surface area (Å²) >= 11 is 2.76. The molecule has 0 radical (unpaired) electrons. The fourth-order valence-corrected chi connectivity index (χ4v) is 6.14. The lowest BCUT2D eigenvalue weighted by Gasteiger charge is -2.14. The van der Waals surface area contributed by atoms with Gasteiger partial charge < -0.3 is 15.4 Å². The predicted molar refractivity (Wildman–Crippen MR) is 137 cm³/mol. The number of carbonyl (C=O) groups excluding carboxylic acids is 3. The van der Waals surface area contributed by atoms with Crippen LogP contribution in [0.4, 0.5) is 15.1 Å². The molecule has 3 aromatic rings. The number of ether oxygens (including phenoxy) is 1. The second-order valence-electron chi connectivity index (χ2n) is 8.12. The third-order valence-electron chi connectivity index (χ3n) is 5.69. The van der Waals surface area contributed by atoms with Crippen molar-refractivity contribution in [3.8, 4) is 0 Å². The topological polar surface area (TPSA) is 84.5 Å². The minimum absolute atomic E-state index is 0.0432. The van der Waals surface area contributed by atoms with Crippen LogP contribution >= 0.6 is 23.1 Å². The number of thiophene rings is 1. The molecule has 0 bridgehead atoms. The minimum Gasteiger partial charge on any atom is -0.465 e. The summed E-state index contributed by atoms with van der Waals surface area (Å²) in [5.74, 6) is -1.81. The van der Waals surface area contributed by atoms with Crippen LogP contribution in [0.2, 0.25) is 0 Å². The van der Waals surface area contributed by atoms with Gasteiger partial charge in [-0.1, -0.05) is 18.2 Å². The number of hydrogen-bond acceptors (Lipinski definition) is 6. The fourth-order valence-electron chi connectivity index (χ4n) is 3.93. The first-order valence-corrected chi connectivity index (χ1v) is 12.9. The maximum absolute atomic E-state index is 13.9. The SMILES string of the molecule is COC(=O)c1c(NC(=O)C(C)Sc2cccc(NC(=O)c3ccccc3F)c2)sc2c1CCCC2. The highest BCUT2D eigenvalue weighted by Gasteiger charge is 2.28. The molecule has 0 saturated heterocycles. The number of anilines is 2. The zero-order valence-corrected chi connectivity index (χ0v) is 21.0. The molecule has 35 heavy (non-hydrogen) atoms. The average Bonchev–Trinajstić information content (AvgIpc) is 3.21. The Morgan fingerprint density at radius 2 is 1.83 bits per heavy atom. The largest absolute Gasteiger partial charge is 0.465 e. The number of fused-ring (bicyclic) bond motifs is 1. The first-order valence-electron chi connectivity index (χ1n) is 11.2. The Bertz CT molecular complexity index is 1270. The second kappa shape index (κ2) is 11.0. The van der Waals surface area contributed by atoms with Crippen LogP contribution < -0.4 is 10.6 Å². The van der Waals surface area contributed by atoms with Gasteiger partial charge in [0, 0.05) is 15.5 Å². The molecule has 182 valence electrons. The van der Waals surface area contributed by atoms with E-state index in [1.807, 2.05) is 6.07 Å². The normalized spacial score (nSPS) is 13.5. The Balaban J connectivity index is 1.44. The van der Waals surface area contributed by atoms with Crippen molar-refractivity contribution in [1.29, 1.82) is 0 Å². The molecule has 1 aliphatic carbocycles. The van der Waals surface area contributed by atoms with Gasteiger partial charge in [-0.05, 0) is 68.5 Å². The smallest absolute Gasteiger partial charge is 0.341 e. The first-order chi connectivity index (χ1) is 16.9. The van der Waals surface area contributed by atoms with Crippen LogP contribution in [0.3, 0.4) is 0 Å². The van der Waals surface area contributed by atoms with Gasteiger partial charge in [0.25, 0.3) is 5.91 Å². The molecule has 4 rings (SSSR count). The van der Waals surface area contributed by atoms with Crippen LogP contribution in [-0.2, 0) is 22.4 Å². The molecular formula is C26H25FN2O4S2. The van der Waals surface area contributed by atoms with Crippen molar-refractivity contribution in [2.24, 2.45) is 0 Å². The molecular weight excluding hydrogens is 487 g/mol. The van der Waals surface area contributed by atoms with Crippen molar-refractivity contribution in [2.75, 3.05) is 17.7 Å². The van der Waals surface area contributed by atoms with Gasteiger partial charge in [-0.2, -0.15) is 0 Å². The highest BCUT2D eigenvalue weighted by Crippen LogP contribution is 2.39. The summed E-state index contributed by atoms with van der Waals surface area (Å²) in [5, 5.41) is 5.68. The van der Waals surface area contributed by atoms with Gasteiger partial charge in [0.15, 0.2) is 0 Å².